The fourth-order valence-electron chi connectivity index (χ4n) is 9.04. The molecule has 0 bridgehead atoms. The monoisotopic (exact) mass is 502 g/mol. The van der Waals surface area contributed by atoms with Gasteiger partial charge in [-0.25, -0.2) is 4.39 Å². The van der Waals surface area contributed by atoms with Gasteiger partial charge in [-0.1, -0.05) is 18.6 Å². The van der Waals surface area contributed by atoms with Gasteiger partial charge in [-0.2, -0.15) is 0 Å². The van der Waals surface area contributed by atoms with Crippen LogP contribution in [0.4, 0.5) is 4.39 Å². The molecule has 0 aromatic heterocycles. The maximum atomic E-state index is 17.4. The van der Waals surface area contributed by atoms with Gasteiger partial charge in [0, 0.05) is 36.5 Å². The minimum atomic E-state index is -2.00. The fraction of sp³-hybridized carbons (Fsp3) is 0.750. The number of carbonyl (C=O) groups excluding carboxylic acids is 3. The average molecular weight is 503 g/mol. The molecule has 1 saturated heterocycles. The molecule has 1 spiro atoms. The van der Waals surface area contributed by atoms with Crippen LogP contribution in [0.15, 0.2) is 23.8 Å². The van der Waals surface area contributed by atoms with Crippen molar-refractivity contribution in [3.63, 3.8) is 0 Å². The number of carbonyl (C=O) groups is 3. The summed E-state index contributed by atoms with van der Waals surface area (Å²) in [6, 6.07) is 0. The molecule has 1 heterocycles. The lowest BCUT2D eigenvalue weighted by Gasteiger charge is -2.62. The van der Waals surface area contributed by atoms with E-state index in [0.717, 1.165) is 12.8 Å². The molecular formula is C28H35FO7. The number of fused-ring (bicyclic) bond motifs is 7. The van der Waals surface area contributed by atoms with Gasteiger partial charge in [0.05, 0.1) is 12.2 Å². The molecule has 8 atom stereocenters. The molecule has 1 N–H and O–H groups in total. The van der Waals surface area contributed by atoms with Crippen molar-refractivity contribution in [1.29, 1.82) is 0 Å². The molecule has 6 rings (SSSR count). The number of alkyl halides is 1. The Morgan fingerprint density at radius 1 is 1.22 bits per heavy atom. The smallest absolute Gasteiger partial charge is 0.303 e. The molecule has 5 aliphatic carbocycles. The summed E-state index contributed by atoms with van der Waals surface area (Å²) in [5.41, 5.74) is -4.72. The Morgan fingerprint density at radius 2 is 1.94 bits per heavy atom. The summed E-state index contributed by atoms with van der Waals surface area (Å²) in [5, 5.41) is 11.6. The zero-order valence-corrected chi connectivity index (χ0v) is 21.2. The highest BCUT2D eigenvalue weighted by Crippen LogP contribution is 2.73. The van der Waals surface area contributed by atoms with Crippen LogP contribution in [0.2, 0.25) is 0 Å². The van der Waals surface area contributed by atoms with Crippen LogP contribution in [0.3, 0.4) is 0 Å². The summed E-state index contributed by atoms with van der Waals surface area (Å²) in [5.74, 6) is -2.80. The van der Waals surface area contributed by atoms with Gasteiger partial charge in [-0.05, 0) is 63.5 Å². The van der Waals surface area contributed by atoms with Crippen LogP contribution >= 0.6 is 0 Å². The predicted octanol–water partition coefficient (Wildman–Crippen LogP) is 3.52. The molecule has 8 heteroatoms. The van der Waals surface area contributed by atoms with Crippen LogP contribution in [0.25, 0.3) is 0 Å². The molecule has 4 saturated carbocycles. The van der Waals surface area contributed by atoms with E-state index in [1.54, 1.807) is 13.0 Å². The van der Waals surface area contributed by atoms with E-state index >= 15 is 4.39 Å². The number of aliphatic hydroxyl groups is 1. The maximum Gasteiger partial charge on any atom is 0.303 e. The van der Waals surface area contributed by atoms with E-state index in [4.69, 9.17) is 14.2 Å². The molecule has 7 nitrogen and oxygen atoms in total. The standard InChI is InChI=1S/C28H35FO7/c1-16(30)34-15-22(33)28-23(35-26(36-28)9-4-5-10-26)13-20-19-7-6-17-12-18(31)8-11-24(17,2)27(19,29)21(32)14-25(20,28)3/h8,11-12,19-21,23,32H,4-7,9-10,13-15H2,1-3H3/t19-,20-,21+,23+,24+,25+,27-,28+/m1/s1. The lowest BCUT2D eigenvalue weighted by atomic mass is 9.44. The Bertz CT molecular complexity index is 1090. The zero-order chi connectivity index (χ0) is 25.7. The average Bonchev–Trinajstić information content (AvgIpc) is 3.47. The van der Waals surface area contributed by atoms with E-state index in [1.807, 2.05) is 6.92 Å². The number of aliphatic hydroxyl groups excluding tert-OH is 1. The van der Waals surface area contributed by atoms with Crippen molar-refractivity contribution in [3.05, 3.63) is 23.8 Å². The van der Waals surface area contributed by atoms with Crippen LogP contribution < -0.4 is 0 Å². The van der Waals surface area contributed by atoms with Gasteiger partial charge < -0.3 is 19.3 Å². The first-order valence-electron chi connectivity index (χ1n) is 13.3. The van der Waals surface area contributed by atoms with E-state index in [-0.39, 0.29) is 23.9 Å². The Morgan fingerprint density at radius 3 is 2.64 bits per heavy atom. The first-order chi connectivity index (χ1) is 16.9. The Kier molecular flexibility index (Phi) is 5.14. The van der Waals surface area contributed by atoms with Crippen molar-refractivity contribution in [2.24, 2.45) is 22.7 Å². The first kappa shape index (κ1) is 24.4. The molecule has 0 aromatic rings. The molecule has 1 aliphatic heterocycles. The van der Waals surface area contributed by atoms with Crippen LogP contribution in [0.5, 0.6) is 0 Å². The van der Waals surface area contributed by atoms with E-state index in [9.17, 15) is 19.5 Å². The number of esters is 1. The Hall–Kier alpha value is -1.90. The topological polar surface area (TPSA) is 99.1 Å². The third kappa shape index (κ3) is 2.81. The lowest BCUT2D eigenvalue weighted by molar-refractivity contribution is -0.253. The molecule has 36 heavy (non-hydrogen) atoms. The van der Waals surface area contributed by atoms with E-state index < -0.39 is 58.6 Å². The van der Waals surface area contributed by atoms with Gasteiger partial charge in [0.1, 0.15) is 0 Å². The second-order valence-corrected chi connectivity index (χ2v) is 12.3. The SMILES string of the molecule is CC(=O)OCC(=O)[C@]12OC3(CCCC3)O[C@H]1C[C@@H]1[C@H]3CCC4=CC(=O)C=C[C@]4(C)[C@]3(F)[C@@H](O)C[C@@]12C. The molecule has 6 aliphatic rings. The van der Waals surface area contributed by atoms with Crippen molar-refractivity contribution < 1.29 is 38.1 Å². The van der Waals surface area contributed by atoms with E-state index in [1.165, 1.54) is 19.1 Å². The summed E-state index contributed by atoms with van der Waals surface area (Å²) in [6.07, 6.45) is 7.23. The van der Waals surface area contributed by atoms with E-state index in [2.05, 4.69) is 0 Å². The van der Waals surface area contributed by atoms with Gasteiger partial charge in [0.2, 0.25) is 5.78 Å². The maximum absolute atomic E-state index is 17.4. The van der Waals surface area contributed by atoms with Crippen LogP contribution in [-0.2, 0) is 28.6 Å². The number of allylic oxidation sites excluding steroid dienone is 4. The van der Waals surface area contributed by atoms with Crippen LogP contribution in [-0.4, -0.2) is 58.5 Å². The van der Waals surface area contributed by atoms with Crippen molar-refractivity contribution in [3.8, 4) is 0 Å². The third-order valence-corrected chi connectivity index (χ3v) is 10.7. The molecule has 0 unspecified atom stereocenters. The normalized spacial score (nSPS) is 48.1. The van der Waals surface area contributed by atoms with Crippen molar-refractivity contribution in [2.45, 2.75) is 101 Å². The molecule has 196 valence electrons. The molecule has 5 fully saturated rings. The van der Waals surface area contributed by atoms with Crippen LogP contribution in [0.1, 0.15) is 72.1 Å². The van der Waals surface area contributed by atoms with E-state index in [0.29, 0.717) is 37.7 Å². The van der Waals surface area contributed by atoms with Crippen molar-refractivity contribution in [2.75, 3.05) is 6.61 Å². The minimum absolute atomic E-state index is 0.0110. The number of ketones is 2. The highest BCUT2D eigenvalue weighted by Gasteiger charge is 2.80. The molecular weight excluding hydrogens is 467 g/mol. The number of ether oxygens (including phenoxy) is 3. The lowest BCUT2D eigenvalue weighted by Crippen LogP contribution is -2.70. The zero-order valence-electron chi connectivity index (χ0n) is 21.2. The Labute approximate surface area is 210 Å². The van der Waals surface area contributed by atoms with Gasteiger partial charge in [-0.3, -0.25) is 14.4 Å². The highest BCUT2D eigenvalue weighted by molar-refractivity contribution is 6.01. The summed E-state index contributed by atoms with van der Waals surface area (Å²) >= 11 is 0. The largest absolute Gasteiger partial charge is 0.458 e. The number of Topliss-reactive ketones (excluding diaryl/α,β-unsaturated/α-hetero) is 1. The summed E-state index contributed by atoms with van der Waals surface area (Å²) in [4.78, 5) is 37.5. The predicted molar refractivity (Wildman–Crippen MR) is 125 cm³/mol. The fourth-order valence-corrected chi connectivity index (χ4v) is 9.04. The number of hydrogen-bond acceptors (Lipinski definition) is 7. The Balaban J connectivity index is 1.44. The number of hydrogen-bond donors (Lipinski definition) is 1. The van der Waals surface area contributed by atoms with Crippen molar-refractivity contribution in [1.82, 2.24) is 0 Å². The second kappa shape index (κ2) is 7.58. The summed E-state index contributed by atoms with van der Waals surface area (Å²) in [6.45, 7) is 4.52. The van der Waals surface area contributed by atoms with Gasteiger partial charge >= 0.3 is 5.97 Å². The minimum Gasteiger partial charge on any atom is -0.458 e. The summed E-state index contributed by atoms with van der Waals surface area (Å²) < 4.78 is 35.8. The molecule has 0 aromatic carbocycles. The van der Waals surface area contributed by atoms with Gasteiger partial charge in [-0.15, -0.1) is 0 Å². The second-order valence-electron chi connectivity index (χ2n) is 12.3. The van der Waals surface area contributed by atoms with Crippen molar-refractivity contribution >= 4 is 17.5 Å². The quantitative estimate of drug-likeness (QED) is 0.590. The first-order valence-corrected chi connectivity index (χ1v) is 13.3. The summed E-state index contributed by atoms with van der Waals surface area (Å²) in [7, 11) is 0. The molecule has 0 radical (unpaired) electrons. The third-order valence-electron chi connectivity index (χ3n) is 10.7. The molecule has 0 amide bonds. The number of rotatable bonds is 3. The van der Waals surface area contributed by atoms with Crippen LogP contribution in [0, 0.1) is 22.7 Å². The highest BCUT2D eigenvalue weighted by atomic mass is 19.1. The number of halogens is 1. The van der Waals surface area contributed by atoms with Gasteiger partial charge in [0.15, 0.2) is 29.4 Å². The van der Waals surface area contributed by atoms with Gasteiger partial charge in [0.25, 0.3) is 0 Å².